The molecule has 0 aliphatic heterocycles. The number of benzene rings is 1. The van der Waals surface area contributed by atoms with E-state index in [0.29, 0.717) is 12.1 Å². The SMILES string of the molecule is CC1(C)CC(=O)C=C(Nc2ccccc2C(=O)O)C1. The lowest BCUT2D eigenvalue weighted by Crippen LogP contribution is -2.24. The number of para-hydroxylation sites is 1. The fraction of sp³-hybridized carbons (Fsp3) is 0.333. The fourth-order valence-corrected chi connectivity index (χ4v) is 2.38. The molecule has 0 heterocycles. The van der Waals surface area contributed by atoms with Crippen molar-refractivity contribution in [3.8, 4) is 0 Å². The number of carboxylic acid groups (broad SMARTS) is 1. The third kappa shape index (κ3) is 3.22. The first-order valence-electron chi connectivity index (χ1n) is 6.20. The van der Waals surface area contributed by atoms with Gasteiger partial charge < -0.3 is 10.4 Å². The molecular formula is C15H17NO3. The molecule has 0 atom stereocenters. The summed E-state index contributed by atoms with van der Waals surface area (Å²) in [6.07, 6.45) is 2.83. The second-order valence-corrected chi connectivity index (χ2v) is 5.63. The van der Waals surface area contributed by atoms with Crippen molar-refractivity contribution in [2.24, 2.45) is 5.41 Å². The Hall–Kier alpha value is -2.10. The predicted octanol–water partition coefficient (Wildman–Crippen LogP) is 3.07. The Balaban J connectivity index is 2.27. The number of carbonyl (C=O) groups excluding carboxylic acids is 1. The molecule has 1 aromatic carbocycles. The number of nitrogens with one attached hydrogen (secondary N) is 1. The lowest BCUT2D eigenvalue weighted by atomic mass is 9.79. The highest BCUT2D eigenvalue weighted by molar-refractivity contribution is 5.96. The van der Waals surface area contributed by atoms with Crippen molar-refractivity contribution in [1.29, 1.82) is 0 Å². The lowest BCUT2D eigenvalue weighted by molar-refractivity contribution is -0.117. The molecule has 0 unspecified atom stereocenters. The molecule has 0 saturated carbocycles. The summed E-state index contributed by atoms with van der Waals surface area (Å²) in [7, 11) is 0. The highest BCUT2D eigenvalue weighted by Crippen LogP contribution is 2.34. The summed E-state index contributed by atoms with van der Waals surface area (Å²) in [4.78, 5) is 22.8. The maximum absolute atomic E-state index is 11.7. The minimum Gasteiger partial charge on any atom is -0.478 e. The number of allylic oxidation sites excluding steroid dienone is 2. The molecule has 0 aromatic heterocycles. The van der Waals surface area contributed by atoms with Crippen LogP contribution in [0.4, 0.5) is 5.69 Å². The van der Waals surface area contributed by atoms with Gasteiger partial charge in [-0.2, -0.15) is 0 Å². The Morgan fingerprint density at radius 2 is 1.95 bits per heavy atom. The van der Waals surface area contributed by atoms with Crippen LogP contribution >= 0.6 is 0 Å². The van der Waals surface area contributed by atoms with E-state index >= 15 is 0 Å². The molecule has 1 aliphatic carbocycles. The molecule has 0 saturated heterocycles. The van der Waals surface area contributed by atoms with Gasteiger partial charge in [0.15, 0.2) is 5.78 Å². The molecule has 0 fully saturated rings. The lowest BCUT2D eigenvalue weighted by Gasteiger charge is -2.29. The normalized spacial score (nSPS) is 17.8. The summed E-state index contributed by atoms with van der Waals surface area (Å²) in [5.41, 5.74) is 1.41. The van der Waals surface area contributed by atoms with Crippen LogP contribution in [0, 0.1) is 5.41 Å². The van der Waals surface area contributed by atoms with E-state index in [0.717, 1.165) is 12.1 Å². The maximum Gasteiger partial charge on any atom is 0.337 e. The van der Waals surface area contributed by atoms with Gasteiger partial charge in [-0.25, -0.2) is 4.79 Å². The average molecular weight is 259 g/mol. The number of carboxylic acids is 1. The van der Waals surface area contributed by atoms with Crippen molar-refractivity contribution >= 4 is 17.4 Å². The summed E-state index contributed by atoms with van der Waals surface area (Å²) >= 11 is 0. The molecule has 0 bridgehead atoms. The maximum atomic E-state index is 11.7. The molecule has 100 valence electrons. The highest BCUT2D eigenvalue weighted by atomic mass is 16.4. The van der Waals surface area contributed by atoms with Gasteiger partial charge in [-0.05, 0) is 24.0 Å². The van der Waals surface area contributed by atoms with Gasteiger partial charge in [0.25, 0.3) is 0 Å². The quantitative estimate of drug-likeness (QED) is 0.875. The summed E-state index contributed by atoms with van der Waals surface area (Å²) in [6, 6.07) is 6.70. The first-order chi connectivity index (χ1) is 8.87. The van der Waals surface area contributed by atoms with Gasteiger partial charge in [-0.1, -0.05) is 26.0 Å². The van der Waals surface area contributed by atoms with E-state index in [1.807, 2.05) is 13.8 Å². The minimum absolute atomic E-state index is 0.0755. The van der Waals surface area contributed by atoms with Gasteiger partial charge in [0.2, 0.25) is 0 Å². The summed E-state index contributed by atoms with van der Waals surface area (Å²) in [5.74, 6) is -0.906. The van der Waals surface area contributed by atoms with Crippen molar-refractivity contribution in [3.05, 3.63) is 41.6 Å². The Bertz CT molecular complexity index is 558. The molecule has 19 heavy (non-hydrogen) atoms. The Morgan fingerprint density at radius 3 is 2.58 bits per heavy atom. The van der Waals surface area contributed by atoms with E-state index in [4.69, 9.17) is 5.11 Å². The first kappa shape index (κ1) is 13.3. The number of ketones is 1. The number of anilines is 1. The zero-order chi connectivity index (χ0) is 14.0. The summed E-state index contributed by atoms with van der Waals surface area (Å²) in [5, 5.41) is 12.2. The van der Waals surface area contributed by atoms with Crippen molar-refractivity contribution in [1.82, 2.24) is 0 Å². The van der Waals surface area contributed by atoms with Crippen molar-refractivity contribution in [2.45, 2.75) is 26.7 Å². The first-order valence-corrected chi connectivity index (χ1v) is 6.20. The van der Waals surface area contributed by atoms with E-state index in [1.54, 1.807) is 30.3 Å². The van der Waals surface area contributed by atoms with Crippen LogP contribution in [0.15, 0.2) is 36.0 Å². The van der Waals surface area contributed by atoms with Gasteiger partial charge in [0.05, 0.1) is 11.3 Å². The van der Waals surface area contributed by atoms with Crippen LogP contribution in [0.5, 0.6) is 0 Å². The van der Waals surface area contributed by atoms with Gasteiger partial charge >= 0.3 is 5.97 Å². The Morgan fingerprint density at radius 1 is 1.26 bits per heavy atom. The van der Waals surface area contributed by atoms with Crippen LogP contribution in [0.1, 0.15) is 37.0 Å². The number of hydrogen-bond acceptors (Lipinski definition) is 3. The van der Waals surface area contributed by atoms with E-state index in [2.05, 4.69) is 5.32 Å². The highest BCUT2D eigenvalue weighted by Gasteiger charge is 2.27. The second kappa shape index (κ2) is 4.88. The monoisotopic (exact) mass is 259 g/mol. The predicted molar refractivity (Wildman–Crippen MR) is 73.1 cm³/mol. The van der Waals surface area contributed by atoms with Gasteiger partial charge in [-0.3, -0.25) is 4.79 Å². The van der Waals surface area contributed by atoms with Crippen LogP contribution in [-0.4, -0.2) is 16.9 Å². The second-order valence-electron chi connectivity index (χ2n) is 5.63. The third-order valence-corrected chi connectivity index (χ3v) is 3.11. The fourth-order valence-electron chi connectivity index (χ4n) is 2.38. The molecule has 2 N–H and O–H groups in total. The Kier molecular flexibility index (Phi) is 3.42. The van der Waals surface area contributed by atoms with Crippen molar-refractivity contribution < 1.29 is 14.7 Å². The zero-order valence-electron chi connectivity index (χ0n) is 11.1. The molecule has 0 amide bonds. The average Bonchev–Trinajstić information content (AvgIpc) is 2.26. The van der Waals surface area contributed by atoms with Gasteiger partial charge in [0, 0.05) is 18.2 Å². The van der Waals surface area contributed by atoms with Crippen LogP contribution in [-0.2, 0) is 4.79 Å². The third-order valence-electron chi connectivity index (χ3n) is 3.11. The molecular weight excluding hydrogens is 242 g/mol. The van der Waals surface area contributed by atoms with E-state index in [-0.39, 0.29) is 16.8 Å². The number of aromatic carboxylic acids is 1. The van der Waals surface area contributed by atoms with Crippen molar-refractivity contribution in [2.75, 3.05) is 5.32 Å². The molecule has 4 nitrogen and oxygen atoms in total. The van der Waals surface area contributed by atoms with Crippen molar-refractivity contribution in [3.63, 3.8) is 0 Å². The van der Waals surface area contributed by atoms with Gasteiger partial charge in [0.1, 0.15) is 0 Å². The van der Waals surface area contributed by atoms with Crippen LogP contribution < -0.4 is 5.32 Å². The largest absolute Gasteiger partial charge is 0.478 e. The Labute approximate surface area is 112 Å². The smallest absolute Gasteiger partial charge is 0.337 e. The minimum atomic E-state index is -0.981. The molecule has 1 aliphatic rings. The molecule has 0 radical (unpaired) electrons. The van der Waals surface area contributed by atoms with Crippen LogP contribution in [0.2, 0.25) is 0 Å². The molecule has 0 spiro atoms. The van der Waals surface area contributed by atoms with Crippen LogP contribution in [0.25, 0.3) is 0 Å². The summed E-state index contributed by atoms with van der Waals surface area (Å²) < 4.78 is 0. The number of rotatable bonds is 3. The van der Waals surface area contributed by atoms with E-state index in [9.17, 15) is 9.59 Å². The molecule has 4 heteroatoms. The van der Waals surface area contributed by atoms with E-state index in [1.165, 1.54) is 0 Å². The van der Waals surface area contributed by atoms with Crippen LogP contribution in [0.3, 0.4) is 0 Å². The zero-order valence-corrected chi connectivity index (χ0v) is 11.1. The molecule has 1 aromatic rings. The number of carbonyl (C=O) groups is 2. The summed E-state index contributed by atoms with van der Waals surface area (Å²) in [6.45, 7) is 4.06. The van der Waals surface area contributed by atoms with Gasteiger partial charge in [-0.15, -0.1) is 0 Å². The van der Waals surface area contributed by atoms with E-state index < -0.39 is 5.97 Å². The molecule has 2 rings (SSSR count). The topological polar surface area (TPSA) is 66.4 Å². The standard InChI is InChI=1S/C15H17NO3/c1-15(2)8-10(7-11(17)9-15)16-13-6-4-3-5-12(13)14(18)19/h3-7,16H,8-9H2,1-2H3,(H,18,19). The number of hydrogen-bond donors (Lipinski definition) is 2.